The Balaban J connectivity index is 1.89. The molecule has 1 saturated carbocycles. The van der Waals surface area contributed by atoms with Gasteiger partial charge in [0.05, 0.1) is 20.3 Å². The van der Waals surface area contributed by atoms with Crippen molar-refractivity contribution in [1.82, 2.24) is 5.32 Å². The average molecular weight is 279 g/mol. The number of nitrogens with one attached hydrogen (secondary N) is 1. The SMILES string of the molecule is COc1ccc(OC)c(CNCC2CCCCC2O)c1. The van der Waals surface area contributed by atoms with E-state index in [1.54, 1.807) is 14.2 Å². The normalized spacial score (nSPS) is 22.6. The molecule has 1 aliphatic carbocycles. The first kappa shape index (κ1) is 15.1. The first-order valence-corrected chi connectivity index (χ1v) is 7.34. The highest BCUT2D eigenvalue weighted by Gasteiger charge is 2.22. The minimum atomic E-state index is -0.150. The van der Waals surface area contributed by atoms with Crippen molar-refractivity contribution in [2.24, 2.45) is 5.92 Å². The van der Waals surface area contributed by atoms with Crippen molar-refractivity contribution in [1.29, 1.82) is 0 Å². The number of hydrogen-bond donors (Lipinski definition) is 2. The lowest BCUT2D eigenvalue weighted by molar-refractivity contribution is 0.0695. The van der Waals surface area contributed by atoms with E-state index in [0.29, 0.717) is 5.92 Å². The molecule has 0 saturated heterocycles. The third-order valence-corrected chi connectivity index (χ3v) is 4.08. The maximum atomic E-state index is 9.96. The number of aliphatic hydroxyl groups excluding tert-OH is 1. The Morgan fingerprint density at radius 2 is 2.00 bits per heavy atom. The van der Waals surface area contributed by atoms with Gasteiger partial charge in [0.2, 0.25) is 0 Å². The molecule has 20 heavy (non-hydrogen) atoms. The van der Waals surface area contributed by atoms with Crippen LogP contribution in [0.2, 0.25) is 0 Å². The number of rotatable bonds is 6. The van der Waals surface area contributed by atoms with Gasteiger partial charge in [-0.2, -0.15) is 0 Å². The second-order valence-electron chi connectivity index (χ2n) is 5.42. The molecule has 1 aromatic rings. The van der Waals surface area contributed by atoms with E-state index in [1.807, 2.05) is 18.2 Å². The summed E-state index contributed by atoms with van der Waals surface area (Å²) in [4.78, 5) is 0. The highest BCUT2D eigenvalue weighted by molar-refractivity contribution is 5.40. The van der Waals surface area contributed by atoms with E-state index in [1.165, 1.54) is 6.42 Å². The topological polar surface area (TPSA) is 50.7 Å². The van der Waals surface area contributed by atoms with Crippen LogP contribution in [0.5, 0.6) is 11.5 Å². The van der Waals surface area contributed by atoms with E-state index >= 15 is 0 Å². The molecule has 0 bridgehead atoms. The van der Waals surface area contributed by atoms with Crippen molar-refractivity contribution >= 4 is 0 Å². The lowest BCUT2D eigenvalue weighted by Gasteiger charge is -2.27. The van der Waals surface area contributed by atoms with Crippen LogP contribution >= 0.6 is 0 Å². The van der Waals surface area contributed by atoms with Crippen LogP contribution in [0.4, 0.5) is 0 Å². The van der Waals surface area contributed by atoms with Crippen LogP contribution in [-0.2, 0) is 6.54 Å². The van der Waals surface area contributed by atoms with E-state index in [4.69, 9.17) is 9.47 Å². The van der Waals surface area contributed by atoms with Gasteiger partial charge in [-0.1, -0.05) is 12.8 Å². The van der Waals surface area contributed by atoms with Crippen molar-refractivity contribution in [2.45, 2.75) is 38.3 Å². The maximum Gasteiger partial charge on any atom is 0.123 e. The summed E-state index contributed by atoms with van der Waals surface area (Å²) in [5.41, 5.74) is 1.08. The summed E-state index contributed by atoms with van der Waals surface area (Å²) >= 11 is 0. The highest BCUT2D eigenvalue weighted by atomic mass is 16.5. The van der Waals surface area contributed by atoms with Gasteiger partial charge >= 0.3 is 0 Å². The molecule has 0 heterocycles. The van der Waals surface area contributed by atoms with Crippen molar-refractivity contribution in [3.8, 4) is 11.5 Å². The zero-order chi connectivity index (χ0) is 14.4. The molecule has 2 rings (SSSR count). The molecule has 4 heteroatoms. The Morgan fingerprint density at radius 1 is 1.20 bits per heavy atom. The fraction of sp³-hybridized carbons (Fsp3) is 0.625. The number of ether oxygens (including phenoxy) is 2. The van der Waals surface area contributed by atoms with Gasteiger partial charge in [-0.15, -0.1) is 0 Å². The summed E-state index contributed by atoms with van der Waals surface area (Å²) in [5.74, 6) is 2.07. The largest absolute Gasteiger partial charge is 0.497 e. The zero-order valence-corrected chi connectivity index (χ0v) is 12.4. The molecule has 4 nitrogen and oxygen atoms in total. The number of hydrogen-bond acceptors (Lipinski definition) is 4. The molecule has 2 unspecified atom stereocenters. The smallest absolute Gasteiger partial charge is 0.123 e. The second kappa shape index (κ2) is 7.50. The van der Waals surface area contributed by atoms with E-state index in [9.17, 15) is 5.11 Å². The molecule has 1 aromatic carbocycles. The van der Waals surface area contributed by atoms with Crippen molar-refractivity contribution in [3.05, 3.63) is 23.8 Å². The van der Waals surface area contributed by atoms with Crippen molar-refractivity contribution in [2.75, 3.05) is 20.8 Å². The van der Waals surface area contributed by atoms with Crippen LogP contribution in [0.25, 0.3) is 0 Å². The first-order valence-electron chi connectivity index (χ1n) is 7.34. The average Bonchev–Trinajstić information content (AvgIpc) is 2.49. The van der Waals surface area contributed by atoms with Gasteiger partial charge in [0.15, 0.2) is 0 Å². The summed E-state index contributed by atoms with van der Waals surface area (Å²) in [5, 5.41) is 13.4. The van der Waals surface area contributed by atoms with E-state index in [-0.39, 0.29) is 6.10 Å². The molecule has 0 aromatic heterocycles. The summed E-state index contributed by atoms with van der Waals surface area (Å²) in [6, 6.07) is 5.81. The van der Waals surface area contributed by atoms with Gasteiger partial charge in [-0.25, -0.2) is 0 Å². The van der Waals surface area contributed by atoms with Crippen molar-refractivity contribution < 1.29 is 14.6 Å². The Morgan fingerprint density at radius 3 is 2.70 bits per heavy atom. The van der Waals surface area contributed by atoms with Crippen LogP contribution < -0.4 is 14.8 Å². The van der Waals surface area contributed by atoms with Gasteiger partial charge in [0.25, 0.3) is 0 Å². The fourth-order valence-corrected chi connectivity index (χ4v) is 2.84. The van der Waals surface area contributed by atoms with Gasteiger partial charge in [-0.3, -0.25) is 0 Å². The number of benzene rings is 1. The third kappa shape index (κ3) is 3.87. The molecular weight excluding hydrogens is 254 g/mol. The molecule has 0 radical (unpaired) electrons. The number of methoxy groups -OCH3 is 2. The summed E-state index contributed by atoms with van der Waals surface area (Å²) < 4.78 is 10.6. The fourth-order valence-electron chi connectivity index (χ4n) is 2.84. The lowest BCUT2D eigenvalue weighted by Crippen LogP contribution is -2.33. The molecule has 0 aliphatic heterocycles. The van der Waals surface area contributed by atoms with Gasteiger partial charge in [-0.05, 0) is 37.0 Å². The molecular formula is C16H25NO3. The third-order valence-electron chi connectivity index (χ3n) is 4.08. The Kier molecular flexibility index (Phi) is 5.68. The van der Waals surface area contributed by atoms with E-state index in [0.717, 1.165) is 49.4 Å². The standard InChI is InChI=1S/C16H25NO3/c1-19-14-7-8-16(20-2)13(9-14)11-17-10-12-5-3-4-6-15(12)18/h7-9,12,15,17-18H,3-6,10-11H2,1-2H3. The maximum absolute atomic E-state index is 9.96. The van der Waals surface area contributed by atoms with E-state index in [2.05, 4.69) is 5.32 Å². The zero-order valence-electron chi connectivity index (χ0n) is 12.4. The quantitative estimate of drug-likeness (QED) is 0.839. The molecule has 1 fully saturated rings. The first-order chi connectivity index (χ1) is 9.74. The van der Waals surface area contributed by atoms with E-state index < -0.39 is 0 Å². The summed E-state index contributed by atoms with van der Waals surface area (Å²) in [6.45, 7) is 1.57. The Labute approximate surface area is 121 Å². The van der Waals surface area contributed by atoms with Gasteiger partial charge < -0.3 is 19.9 Å². The predicted octanol–water partition coefficient (Wildman–Crippen LogP) is 2.34. The highest BCUT2D eigenvalue weighted by Crippen LogP contribution is 2.25. The van der Waals surface area contributed by atoms with Crippen LogP contribution in [0.1, 0.15) is 31.2 Å². The van der Waals surface area contributed by atoms with Crippen LogP contribution in [0.3, 0.4) is 0 Å². The molecule has 112 valence electrons. The van der Waals surface area contributed by atoms with Crippen LogP contribution in [-0.4, -0.2) is 32.0 Å². The Bertz CT molecular complexity index is 422. The molecule has 2 N–H and O–H groups in total. The van der Waals surface area contributed by atoms with Gasteiger partial charge in [0.1, 0.15) is 11.5 Å². The molecule has 1 aliphatic rings. The molecule has 0 amide bonds. The molecule has 0 spiro atoms. The molecule has 2 atom stereocenters. The Hall–Kier alpha value is -1.26. The summed E-state index contributed by atoms with van der Waals surface area (Å²) in [6.07, 6.45) is 4.29. The predicted molar refractivity (Wildman–Crippen MR) is 79.2 cm³/mol. The van der Waals surface area contributed by atoms with Crippen LogP contribution in [0.15, 0.2) is 18.2 Å². The number of aliphatic hydroxyl groups is 1. The minimum absolute atomic E-state index is 0.150. The van der Waals surface area contributed by atoms with Gasteiger partial charge in [0, 0.05) is 18.7 Å². The second-order valence-corrected chi connectivity index (χ2v) is 5.42. The van der Waals surface area contributed by atoms with Crippen LogP contribution in [0, 0.1) is 5.92 Å². The van der Waals surface area contributed by atoms with Crippen molar-refractivity contribution in [3.63, 3.8) is 0 Å². The summed E-state index contributed by atoms with van der Waals surface area (Å²) in [7, 11) is 3.34. The monoisotopic (exact) mass is 279 g/mol. The minimum Gasteiger partial charge on any atom is -0.497 e. The lowest BCUT2D eigenvalue weighted by atomic mass is 9.86.